The second-order valence-corrected chi connectivity index (χ2v) is 4.19. The molecule has 1 heterocycles. The van der Waals surface area contributed by atoms with E-state index in [1.165, 1.54) is 7.11 Å². The quantitative estimate of drug-likeness (QED) is 0.515. The molecule has 1 aliphatic rings. The summed E-state index contributed by atoms with van der Waals surface area (Å²) in [5, 5.41) is 0. The lowest BCUT2D eigenvalue weighted by atomic mass is 9.80. The Morgan fingerprint density at radius 1 is 1.36 bits per heavy atom. The predicted octanol–water partition coefficient (Wildman–Crippen LogP) is 2.14. The Labute approximate surface area is 85.8 Å². The Morgan fingerprint density at radius 2 is 1.86 bits per heavy atom. The van der Waals surface area contributed by atoms with E-state index in [0.717, 1.165) is 12.8 Å². The van der Waals surface area contributed by atoms with Gasteiger partial charge < -0.3 is 9.47 Å². The number of rotatable bonds is 4. The largest absolute Gasteiger partial charge is 0.467 e. The second kappa shape index (κ2) is 3.54. The van der Waals surface area contributed by atoms with Gasteiger partial charge in [-0.1, -0.05) is 27.7 Å². The zero-order valence-electron chi connectivity index (χ0n) is 9.72. The monoisotopic (exact) mass is 200 g/mol. The molecule has 0 spiro atoms. The molecule has 0 bridgehead atoms. The van der Waals surface area contributed by atoms with Gasteiger partial charge in [0.25, 0.3) is 0 Å². The molecule has 1 unspecified atom stereocenters. The van der Waals surface area contributed by atoms with Crippen LogP contribution >= 0.6 is 0 Å². The van der Waals surface area contributed by atoms with Gasteiger partial charge in [-0.05, 0) is 18.8 Å². The van der Waals surface area contributed by atoms with E-state index in [0.29, 0.717) is 0 Å². The highest BCUT2D eigenvalue weighted by Gasteiger charge is 2.74. The summed E-state index contributed by atoms with van der Waals surface area (Å²) in [6, 6.07) is 0. The van der Waals surface area contributed by atoms with Crippen LogP contribution in [0.2, 0.25) is 0 Å². The molecule has 0 aromatic heterocycles. The number of ether oxygens (including phenoxy) is 2. The molecule has 3 nitrogen and oxygen atoms in total. The molecule has 1 saturated heterocycles. The first-order valence-corrected chi connectivity index (χ1v) is 5.29. The molecule has 0 amide bonds. The average Bonchev–Trinajstić information content (AvgIpc) is 2.88. The summed E-state index contributed by atoms with van der Waals surface area (Å²) in [5.74, 6) is -0.0638. The molecule has 0 saturated carbocycles. The number of hydrogen-bond donors (Lipinski definition) is 0. The Morgan fingerprint density at radius 3 is 2.07 bits per heavy atom. The number of methoxy groups -OCH3 is 1. The molecular formula is C11H20O3. The highest BCUT2D eigenvalue weighted by Crippen LogP contribution is 2.57. The molecule has 1 fully saturated rings. The van der Waals surface area contributed by atoms with E-state index in [2.05, 4.69) is 13.8 Å². The van der Waals surface area contributed by atoms with Crippen molar-refractivity contribution in [3.8, 4) is 0 Å². The van der Waals surface area contributed by atoms with Gasteiger partial charge in [-0.25, -0.2) is 4.79 Å². The molecule has 0 radical (unpaired) electrons. The fraction of sp³-hybridized carbons (Fsp3) is 0.909. The second-order valence-electron chi connectivity index (χ2n) is 4.19. The fourth-order valence-electron chi connectivity index (χ4n) is 2.46. The first kappa shape index (κ1) is 11.5. The van der Waals surface area contributed by atoms with Crippen LogP contribution in [0.25, 0.3) is 0 Å². The highest BCUT2D eigenvalue weighted by molar-refractivity contribution is 5.85. The minimum absolute atomic E-state index is 0.162. The van der Waals surface area contributed by atoms with Crippen LogP contribution < -0.4 is 0 Å². The smallest absolute Gasteiger partial charge is 0.341 e. The van der Waals surface area contributed by atoms with Gasteiger partial charge in [-0.3, -0.25) is 0 Å². The van der Waals surface area contributed by atoms with E-state index in [-0.39, 0.29) is 17.5 Å². The molecule has 14 heavy (non-hydrogen) atoms. The molecule has 0 N–H and O–H groups in total. The van der Waals surface area contributed by atoms with Crippen molar-refractivity contribution in [2.45, 2.75) is 51.7 Å². The van der Waals surface area contributed by atoms with Crippen LogP contribution in [0.3, 0.4) is 0 Å². The van der Waals surface area contributed by atoms with Gasteiger partial charge in [0.15, 0.2) is 5.60 Å². The Hall–Kier alpha value is -0.570. The van der Waals surface area contributed by atoms with Crippen LogP contribution in [0, 0.1) is 5.92 Å². The molecule has 0 aliphatic carbocycles. The molecule has 0 aromatic carbocycles. The molecule has 1 rings (SSSR count). The van der Waals surface area contributed by atoms with Crippen LogP contribution in [0.4, 0.5) is 0 Å². The lowest BCUT2D eigenvalue weighted by Crippen LogP contribution is -2.39. The maximum atomic E-state index is 11.7. The number of hydrogen-bond acceptors (Lipinski definition) is 3. The van der Waals surface area contributed by atoms with E-state index >= 15 is 0 Å². The first-order chi connectivity index (χ1) is 6.50. The van der Waals surface area contributed by atoms with E-state index in [1.807, 2.05) is 13.8 Å². The standard InChI is InChI=1S/C11H20O3/c1-6-10(7-2)11(14-10,8(3)4)9(12)13-5/h8H,6-7H2,1-5H3. The van der Waals surface area contributed by atoms with Crippen LogP contribution in [0.15, 0.2) is 0 Å². The summed E-state index contributed by atoms with van der Waals surface area (Å²) in [6.45, 7) is 8.11. The molecule has 1 aliphatic heterocycles. The summed E-state index contributed by atoms with van der Waals surface area (Å²) in [6.07, 6.45) is 1.72. The van der Waals surface area contributed by atoms with Crippen molar-refractivity contribution in [3.05, 3.63) is 0 Å². The number of carbonyl (C=O) groups excluding carboxylic acids is 1. The maximum absolute atomic E-state index is 11.7. The van der Waals surface area contributed by atoms with Gasteiger partial charge in [-0.15, -0.1) is 0 Å². The zero-order chi connectivity index (χ0) is 11.0. The molecule has 82 valence electrons. The average molecular weight is 200 g/mol. The normalized spacial score (nSPS) is 29.0. The molecule has 0 aromatic rings. The van der Waals surface area contributed by atoms with Crippen molar-refractivity contribution < 1.29 is 14.3 Å². The van der Waals surface area contributed by atoms with E-state index in [1.54, 1.807) is 0 Å². The highest BCUT2D eigenvalue weighted by atomic mass is 16.7. The fourth-order valence-corrected chi connectivity index (χ4v) is 2.46. The van der Waals surface area contributed by atoms with E-state index in [9.17, 15) is 4.79 Å². The van der Waals surface area contributed by atoms with Crippen LogP contribution in [0.5, 0.6) is 0 Å². The SMILES string of the molecule is CCC1(CC)OC1(C(=O)OC)C(C)C. The van der Waals surface area contributed by atoms with Gasteiger partial charge in [0.2, 0.25) is 0 Å². The summed E-state index contributed by atoms with van der Waals surface area (Å²) >= 11 is 0. The lowest BCUT2D eigenvalue weighted by Gasteiger charge is -2.19. The molecule has 3 heteroatoms. The number of esters is 1. The Bertz CT molecular complexity index is 231. The van der Waals surface area contributed by atoms with Crippen molar-refractivity contribution in [2.75, 3.05) is 7.11 Å². The Balaban J connectivity index is 2.95. The summed E-state index contributed by atoms with van der Waals surface area (Å²) < 4.78 is 10.6. The predicted molar refractivity (Wildman–Crippen MR) is 54.0 cm³/mol. The maximum Gasteiger partial charge on any atom is 0.341 e. The summed E-state index contributed by atoms with van der Waals surface area (Å²) in [4.78, 5) is 11.7. The van der Waals surface area contributed by atoms with Gasteiger partial charge in [-0.2, -0.15) is 0 Å². The topological polar surface area (TPSA) is 38.8 Å². The third kappa shape index (κ3) is 1.18. The van der Waals surface area contributed by atoms with Gasteiger partial charge in [0.1, 0.15) is 5.60 Å². The van der Waals surface area contributed by atoms with Gasteiger partial charge in [0.05, 0.1) is 7.11 Å². The van der Waals surface area contributed by atoms with E-state index in [4.69, 9.17) is 9.47 Å². The van der Waals surface area contributed by atoms with Gasteiger partial charge >= 0.3 is 5.97 Å². The van der Waals surface area contributed by atoms with Crippen molar-refractivity contribution in [3.63, 3.8) is 0 Å². The van der Waals surface area contributed by atoms with Crippen LogP contribution in [-0.4, -0.2) is 24.3 Å². The van der Waals surface area contributed by atoms with Crippen molar-refractivity contribution >= 4 is 5.97 Å². The third-order valence-electron chi connectivity index (χ3n) is 3.44. The third-order valence-corrected chi connectivity index (χ3v) is 3.44. The van der Waals surface area contributed by atoms with Crippen LogP contribution in [-0.2, 0) is 14.3 Å². The lowest BCUT2D eigenvalue weighted by molar-refractivity contribution is -0.148. The summed E-state index contributed by atoms with van der Waals surface area (Å²) in [5.41, 5.74) is -0.973. The Kier molecular flexibility index (Phi) is 2.91. The number of epoxide rings is 1. The van der Waals surface area contributed by atoms with E-state index < -0.39 is 5.60 Å². The van der Waals surface area contributed by atoms with Crippen molar-refractivity contribution in [1.82, 2.24) is 0 Å². The first-order valence-electron chi connectivity index (χ1n) is 5.29. The minimum atomic E-state index is -0.689. The minimum Gasteiger partial charge on any atom is -0.467 e. The molecular weight excluding hydrogens is 180 g/mol. The molecule has 1 atom stereocenters. The van der Waals surface area contributed by atoms with Gasteiger partial charge in [0, 0.05) is 0 Å². The van der Waals surface area contributed by atoms with Crippen molar-refractivity contribution in [1.29, 1.82) is 0 Å². The number of carbonyl (C=O) groups is 1. The van der Waals surface area contributed by atoms with Crippen molar-refractivity contribution in [2.24, 2.45) is 5.92 Å². The van der Waals surface area contributed by atoms with Crippen LogP contribution in [0.1, 0.15) is 40.5 Å². The zero-order valence-corrected chi connectivity index (χ0v) is 9.72. The summed E-state index contributed by atoms with van der Waals surface area (Å²) in [7, 11) is 1.42.